The summed E-state index contributed by atoms with van der Waals surface area (Å²) in [5.41, 5.74) is 0.298. The van der Waals surface area contributed by atoms with Gasteiger partial charge in [-0.2, -0.15) is 0 Å². The molecule has 9 rings (SSSR count). The molecule has 1 N–H and O–H groups in total. The van der Waals surface area contributed by atoms with Crippen LogP contribution in [-0.2, 0) is 28.9 Å². The monoisotopic (exact) mass is 899 g/mol. The van der Waals surface area contributed by atoms with Gasteiger partial charge in [0.15, 0.2) is 6.23 Å². The molecule has 7 atom stereocenters. The van der Waals surface area contributed by atoms with E-state index in [9.17, 15) is 9.59 Å². The maximum absolute atomic E-state index is 13.4. The molecular weight excluding hydrogens is 846 g/mol. The number of H-pyrrole nitrogens is 1. The summed E-state index contributed by atoms with van der Waals surface area (Å²) in [5, 5.41) is 2.72. The van der Waals surface area contributed by atoms with Crippen molar-refractivity contribution in [3.8, 4) is 11.5 Å². The summed E-state index contributed by atoms with van der Waals surface area (Å²) in [6, 6.07) is 49.8. The van der Waals surface area contributed by atoms with Gasteiger partial charge in [0.2, 0.25) is 0 Å². The summed E-state index contributed by atoms with van der Waals surface area (Å²) < 4.78 is 49.8. The lowest BCUT2D eigenvalue weighted by Gasteiger charge is -2.37. The lowest BCUT2D eigenvalue weighted by molar-refractivity contribution is -0.0955. The van der Waals surface area contributed by atoms with E-state index in [1.165, 1.54) is 27.2 Å². The number of benzene rings is 5. The number of methoxy groups -OCH3 is 3. The molecule has 0 aliphatic carbocycles. The maximum Gasteiger partial charge on any atom is 0.330 e. The first-order chi connectivity index (χ1) is 31.2. The lowest BCUT2D eigenvalue weighted by Crippen LogP contribution is -2.58. The van der Waals surface area contributed by atoms with Gasteiger partial charge in [0.1, 0.15) is 43.5 Å². The van der Waals surface area contributed by atoms with Crippen molar-refractivity contribution in [1.82, 2.24) is 14.2 Å². The average Bonchev–Trinajstić information content (AvgIpc) is 4.05. The number of hydrogen-bond donors (Lipinski definition) is 1. The summed E-state index contributed by atoms with van der Waals surface area (Å²) in [5.74, 6) is 1.41. The van der Waals surface area contributed by atoms with Crippen molar-refractivity contribution in [3.63, 3.8) is 0 Å². The first-order valence-corrected chi connectivity index (χ1v) is 25.6. The minimum Gasteiger partial charge on any atom is -0.497 e. The van der Waals surface area contributed by atoms with E-state index >= 15 is 0 Å². The Morgan fingerprint density at radius 3 is 1.83 bits per heavy atom. The lowest BCUT2D eigenvalue weighted by atomic mass is 9.80. The molecule has 3 aliphatic heterocycles. The third kappa shape index (κ3) is 8.43. The minimum absolute atomic E-state index is 0.00904. The molecular formula is C50H54N3O9PSi. The standard InChI is InChI=1S/C50H54N3O9PSi/c1-56-38-26-22-36(23-27-38)50(35-15-8-5-9-16-35,37-24-28-39(57-2)29-25-37)59-33-43-46(47(58-3)48(60-43)52-32-30-45(54)51-49(52)55)62-63-53-31-14-21-42(53)44(61-63)34-64(4,40-17-10-6-11-18-40)41-19-12-7-13-20-41/h5-13,15-20,22-30,32,42-44,46-48H,14,21,31,33-34H2,1-4H3,(H,51,54,55)/t42-,43-,44+,46?,47+,48-,63+/m1/s1. The summed E-state index contributed by atoms with van der Waals surface area (Å²) in [6.45, 7) is 3.29. The third-order valence-corrected chi connectivity index (χ3v) is 19.3. The Morgan fingerprint density at radius 1 is 0.719 bits per heavy atom. The normalized spacial score (nSPS) is 23.5. The van der Waals surface area contributed by atoms with E-state index in [0.29, 0.717) is 11.5 Å². The van der Waals surface area contributed by atoms with Crippen LogP contribution in [0.15, 0.2) is 161 Å². The van der Waals surface area contributed by atoms with Crippen LogP contribution in [0, 0.1) is 0 Å². The zero-order chi connectivity index (χ0) is 44.3. The topological polar surface area (TPSA) is 123 Å². The predicted octanol–water partition coefficient (Wildman–Crippen LogP) is 6.84. The van der Waals surface area contributed by atoms with Gasteiger partial charge in [0.25, 0.3) is 14.1 Å². The van der Waals surface area contributed by atoms with E-state index in [1.54, 1.807) is 21.3 Å². The van der Waals surface area contributed by atoms with E-state index in [1.807, 2.05) is 78.9 Å². The van der Waals surface area contributed by atoms with Crippen LogP contribution in [0.1, 0.15) is 35.8 Å². The molecule has 4 heterocycles. The Bertz CT molecular complexity index is 2500. The highest BCUT2D eigenvalue weighted by atomic mass is 31.2. The van der Waals surface area contributed by atoms with Crippen LogP contribution in [0.2, 0.25) is 12.6 Å². The van der Waals surface area contributed by atoms with Gasteiger partial charge >= 0.3 is 5.69 Å². The molecule has 3 saturated heterocycles. The van der Waals surface area contributed by atoms with E-state index in [-0.39, 0.29) is 18.8 Å². The zero-order valence-electron chi connectivity index (χ0n) is 36.4. The molecule has 64 heavy (non-hydrogen) atoms. The van der Waals surface area contributed by atoms with Gasteiger partial charge < -0.3 is 32.7 Å². The molecule has 1 aromatic heterocycles. The SMILES string of the molecule is COc1ccc(C(OC[C@H]2O[C@@H](n3ccc(=O)[nH]c3=O)[C@@H](OC)C2O[P@]2O[C@@H](C[Si](C)(c3ccccc3)c3ccccc3)[C@H]3CCCN32)(c2ccccc2)c2ccc(OC)cc2)cc1. The van der Waals surface area contributed by atoms with Crippen LogP contribution < -0.4 is 31.1 Å². The molecule has 0 spiro atoms. The van der Waals surface area contributed by atoms with E-state index in [0.717, 1.165) is 42.1 Å². The van der Waals surface area contributed by atoms with E-state index in [2.05, 4.69) is 76.9 Å². The number of nitrogens with one attached hydrogen (secondary N) is 1. The van der Waals surface area contributed by atoms with Crippen LogP contribution in [0.4, 0.5) is 0 Å². The van der Waals surface area contributed by atoms with Gasteiger partial charge in [0, 0.05) is 32.0 Å². The Balaban J connectivity index is 1.09. The number of aromatic amines is 1. The summed E-state index contributed by atoms with van der Waals surface area (Å²) >= 11 is 0. The van der Waals surface area contributed by atoms with Crippen LogP contribution >= 0.6 is 8.53 Å². The van der Waals surface area contributed by atoms with Gasteiger partial charge in [-0.3, -0.25) is 14.3 Å². The molecule has 3 fully saturated rings. The first-order valence-electron chi connectivity index (χ1n) is 21.8. The Labute approximate surface area is 375 Å². The third-order valence-electron chi connectivity index (χ3n) is 13.1. The quantitative estimate of drug-likeness (QED) is 0.0628. The molecule has 14 heteroatoms. The largest absolute Gasteiger partial charge is 0.497 e. The number of nitrogens with zero attached hydrogens (tertiary/aromatic N) is 2. The van der Waals surface area contributed by atoms with Gasteiger partial charge in [0.05, 0.1) is 26.9 Å². The molecule has 0 saturated carbocycles. The van der Waals surface area contributed by atoms with Gasteiger partial charge in [-0.05, 0) is 59.8 Å². The van der Waals surface area contributed by atoms with Gasteiger partial charge in [-0.25, -0.2) is 9.46 Å². The summed E-state index contributed by atoms with van der Waals surface area (Å²) in [6.07, 6.45) is 0.115. The first kappa shape index (κ1) is 44.0. The van der Waals surface area contributed by atoms with Crippen LogP contribution in [-0.4, -0.2) is 87.2 Å². The number of ether oxygens (including phenoxy) is 5. The molecule has 6 aromatic rings. The molecule has 3 aliphatic rings. The number of aromatic nitrogens is 2. The van der Waals surface area contributed by atoms with E-state index in [4.69, 9.17) is 32.7 Å². The van der Waals surface area contributed by atoms with Crippen molar-refractivity contribution >= 4 is 27.0 Å². The van der Waals surface area contributed by atoms with Gasteiger partial charge in [-0.15, -0.1) is 0 Å². The summed E-state index contributed by atoms with van der Waals surface area (Å²) in [7, 11) is 0.975. The summed E-state index contributed by atoms with van der Waals surface area (Å²) in [4.78, 5) is 28.1. The van der Waals surface area contributed by atoms with Crippen LogP contribution in [0.25, 0.3) is 0 Å². The maximum atomic E-state index is 13.4. The van der Waals surface area contributed by atoms with Crippen LogP contribution in [0.5, 0.6) is 11.5 Å². The van der Waals surface area contributed by atoms with Gasteiger partial charge in [-0.1, -0.05) is 132 Å². The molecule has 0 bridgehead atoms. The zero-order valence-corrected chi connectivity index (χ0v) is 38.3. The van der Waals surface area contributed by atoms with Crippen molar-refractivity contribution < 1.29 is 32.7 Å². The second-order valence-electron chi connectivity index (χ2n) is 16.7. The number of hydrogen-bond acceptors (Lipinski definition) is 10. The Kier molecular flexibility index (Phi) is 13.1. The van der Waals surface area contributed by atoms with Crippen molar-refractivity contribution in [2.45, 2.75) is 67.7 Å². The Morgan fingerprint density at radius 2 is 1.28 bits per heavy atom. The highest BCUT2D eigenvalue weighted by Gasteiger charge is 2.55. The fraction of sp³-hybridized carbons (Fsp3) is 0.320. The number of fused-ring (bicyclic) bond motifs is 1. The van der Waals surface area contributed by atoms with Crippen molar-refractivity contribution in [1.29, 1.82) is 0 Å². The van der Waals surface area contributed by atoms with Crippen LogP contribution in [0.3, 0.4) is 0 Å². The molecule has 5 aromatic carbocycles. The highest BCUT2D eigenvalue weighted by Crippen LogP contribution is 2.59. The molecule has 332 valence electrons. The fourth-order valence-corrected chi connectivity index (χ4v) is 15.7. The Hall–Kier alpha value is -5.21. The highest BCUT2D eigenvalue weighted by molar-refractivity contribution is 7.45. The average molecular weight is 900 g/mol. The minimum atomic E-state index is -2.29. The smallest absolute Gasteiger partial charge is 0.330 e. The van der Waals surface area contributed by atoms with Crippen molar-refractivity contribution in [3.05, 3.63) is 189 Å². The second-order valence-corrected chi connectivity index (χ2v) is 22.3. The van der Waals surface area contributed by atoms with Crippen molar-refractivity contribution in [2.75, 3.05) is 34.5 Å². The van der Waals surface area contributed by atoms with E-state index < -0.39 is 58.0 Å². The molecule has 0 radical (unpaired) electrons. The molecule has 0 amide bonds. The molecule has 1 unspecified atom stereocenters. The second kappa shape index (κ2) is 19.1. The predicted molar refractivity (Wildman–Crippen MR) is 249 cm³/mol. The molecule has 12 nitrogen and oxygen atoms in total. The number of rotatable bonds is 16. The fourth-order valence-electron chi connectivity index (χ4n) is 9.74. The van der Waals surface area contributed by atoms with Crippen molar-refractivity contribution in [2.24, 2.45) is 0 Å².